The van der Waals surface area contributed by atoms with E-state index in [0.717, 1.165) is 17.5 Å². The van der Waals surface area contributed by atoms with Crippen LogP contribution in [0.4, 0.5) is 0 Å². The number of likely N-dealkylation sites (N-methyl/N-ethyl adjacent to an activating group) is 1. The Hall–Kier alpha value is -1.35. The van der Waals surface area contributed by atoms with Crippen molar-refractivity contribution in [2.24, 2.45) is 0 Å². The van der Waals surface area contributed by atoms with Crippen LogP contribution in [0, 0.1) is 0 Å². The maximum absolute atomic E-state index is 11.6. The van der Waals surface area contributed by atoms with E-state index in [9.17, 15) is 9.90 Å². The van der Waals surface area contributed by atoms with Crippen LogP contribution in [0.25, 0.3) is 0 Å². The van der Waals surface area contributed by atoms with Crippen LogP contribution in [0.1, 0.15) is 17.2 Å². The molecular formula is C11H13NO2. The Balaban J connectivity index is 2.45. The predicted octanol–water partition coefficient (Wildman–Crippen LogP) is 0.734. The normalized spacial score (nSPS) is 21.7. The zero-order chi connectivity index (χ0) is 10.1. The SMILES string of the molecule is CN1CCc2ccccc2C(O)C1=O. The Labute approximate surface area is 83.0 Å². The van der Waals surface area contributed by atoms with Crippen LogP contribution in [0.15, 0.2) is 24.3 Å². The number of amides is 1. The number of carbonyl (C=O) groups excluding carboxylic acids is 1. The number of hydrogen-bond acceptors (Lipinski definition) is 2. The van der Waals surface area contributed by atoms with Crippen molar-refractivity contribution in [1.29, 1.82) is 0 Å². The summed E-state index contributed by atoms with van der Waals surface area (Å²) in [5, 5.41) is 9.79. The molecule has 0 aromatic heterocycles. The molecule has 1 N–H and O–H groups in total. The van der Waals surface area contributed by atoms with Crippen molar-refractivity contribution in [2.75, 3.05) is 13.6 Å². The van der Waals surface area contributed by atoms with E-state index < -0.39 is 6.10 Å². The van der Waals surface area contributed by atoms with Gasteiger partial charge >= 0.3 is 0 Å². The van der Waals surface area contributed by atoms with Gasteiger partial charge in [0, 0.05) is 13.6 Å². The van der Waals surface area contributed by atoms with Crippen molar-refractivity contribution >= 4 is 5.91 Å². The van der Waals surface area contributed by atoms with E-state index in [4.69, 9.17) is 0 Å². The second-order valence-corrected chi connectivity index (χ2v) is 3.61. The second kappa shape index (κ2) is 3.42. The highest BCUT2D eigenvalue weighted by molar-refractivity contribution is 5.82. The van der Waals surface area contributed by atoms with Crippen molar-refractivity contribution < 1.29 is 9.90 Å². The first-order valence-corrected chi connectivity index (χ1v) is 4.71. The molecule has 0 saturated carbocycles. The molecule has 1 aromatic carbocycles. The topological polar surface area (TPSA) is 40.5 Å². The molecule has 1 aliphatic rings. The minimum absolute atomic E-state index is 0.213. The Morgan fingerprint density at radius 1 is 1.43 bits per heavy atom. The standard InChI is InChI=1S/C11H13NO2/c1-12-7-6-8-4-2-3-5-9(8)10(13)11(12)14/h2-5,10,13H,6-7H2,1H3. The van der Waals surface area contributed by atoms with E-state index in [0.29, 0.717) is 6.54 Å². The summed E-state index contributed by atoms with van der Waals surface area (Å²) >= 11 is 0. The molecule has 0 aliphatic carbocycles. The van der Waals surface area contributed by atoms with Crippen molar-refractivity contribution in [2.45, 2.75) is 12.5 Å². The molecular weight excluding hydrogens is 178 g/mol. The molecule has 74 valence electrons. The number of carbonyl (C=O) groups is 1. The highest BCUT2D eigenvalue weighted by Crippen LogP contribution is 2.23. The van der Waals surface area contributed by atoms with E-state index in [-0.39, 0.29) is 5.91 Å². The summed E-state index contributed by atoms with van der Waals surface area (Å²) in [4.78, 5) is 13.2. The number of benzene rings is 1. The van der Waals surface area contributed by atoms with E-state index in [1.165, 1.54) is 0 Å². The van der Waals surface area contributed by atoms with Crippen molar-refractivity contribution in [3.8, 4) is 0 Å². The van der Waals surface area contributed by atoms with Crippen LogP contribution >= 0.6 is 0 Å². The molecule has 0 bridgehead atoms. The molecule has 0 radical (unpaired) electrons. The van der Waals surface area contributed by atoms with Gasteiger partial charge in [-0.1, -0.05) is 24.3 Å². The molecule has 2 rings (SSSR count). The summed E-state index contributed by atoms with van der Waals surface area (Å²) in [7, 11) is 1.72. The highest BCUT2D eigenvalue weighted by Gasteiger charge is 2.26. The number of fused-ring (bicyclic) bond motifs is 1. The second-order valence-electron chi connectivity index (χ2n) is 3.61. The summed E-state index contributed by atoms with van der Waals surface area (Å²) in [6.07, 6.45) is -0.172. The lowest BCUT2D eigenvalue weighted by atomic mass is 10.0. The summed E-state index contributed by atoms with van der Waals surface area (Å²) in [6, 6.07) is 7.56. The quantitative estimate of drug-likeness (QED) is 0.657. The fourth-order valence-corrected chi connectivity index (χ4v) is 1.77. The largest absolute Gasteiger partial charge is 0.378 e. The van der Waals surface area contributed by atoms with Gasteiger partial charge in [-0.25, -0.2) is 0 Å². The minimum Gasteiger partial charge on any atom is -0.378 e. The number of rotatable bonds is 0. The number of aliphatic hydroxyl groups is 1. The Morgan fingerprint density at radius 2 is 2.14 bits per heavy atom. The lowest BCUT2D eigenvalue weighted by molar-refractivity contribution is -0.138. The first-order valence-electron chi connectivity index (χ1n) is 4.71. The molecule has 1 unspecified atom stereocenters. The summed E-state index contributed by atoms with van der Waals surface area (Å²) in [5.74, 6) is -0.213. The van der Waals surface area contributed by atoms with E-state index in [1.807, 2.05) is 24.3 Å². The third-order valence-corrected chi connectivity index (χ3v) is 2.68. The maximum Gasteiger partial charge on any atom is 0.255 e. The van der Waals surface area contributed by atoms with E-state index in [1.54, 1.807) is 11.9 Å². The molecule has 0 saturated heterocycles. The zero-order valence-corrected chi connectivity index (χ0v) is 8.10. The maximum atomic E-state index is 11.6. The first-order chi connectivity index (χ1) is 6.70. The van der Waals surface area contributed by atoms with E-state index >= 15 is 0 Å². The van der Waals surface area contributed by atoms with Crippen molar-refractivity contribution in [1.82, 2.24) is 4.90 Å². The molecule has 1 aliphatic heterocycles. The van der Waals surface area contributed by atoms with Gasteiger partial charge in [-0.05, 0) is 17.5 Å². The van der Waals surface area contributed by atoms with Gasteiger partial charge in [0.1, 0.15) is 0 Å². The van der Waals surface area contributed by atoms with Gasteiger partial charge in [-0.2, -0.15) is 0 Å². The van der Waals surface area contributed by atoms with Gasteiger partial charge < -0.3 is 10.0 Å². The monoisotopic (exact) mass is 191 g/mol. The van der Waals surface area contributed by atoms with Crippen LogP contribution in [-0.4, -0.2) is 29.5 Å². The molecule has 1 heterocycles. The van der Waals surface area contributed by atoms with Crippen LogP contribution < -0.4 is 0 Å². The van der Waals surface area contributed by atoms with Crippen molar-refractivity contribution in [3.63, 3.8) is 0 Å². The predicted molar refractivity (Wildman–Crippen MR) is 52.7 cm³/mol. The van der Waals surface area contributed by atoms with Crippen LogP contribution in [0.2, 0.25) is 0 Å². The Bertz CT molecular complexity index is 362. The third kappa shape index (κ3) is 1.40. The smallest absolute Gasteiger partial charge is 0.255 e. The molecule has 1 atom stereocenters. The fourth-order valence-electron chi connectivity index (χ4n) is 1.77. The van der Waals surface area contributed by atoms with Gasteiger partial charge in [0.2, 0.25) is 0 Å². The van der Waals surface area contributed by atoms with E-state index in [2.05, 4.69) is 0 Å². The Kier molecular flexibility index (Phi) is 2.25. The number of aliphatic hydroxyl groups excluding tert-OH is 1. The van der Waals surface area contributed by atoms with Gasteiger partial charge in [0.15, 0.2) is 6.10 Å². The van der Waals surface area contributed by atoms with Crippen LogP contribution in [-0.2, 0) is 11.2 Å². The molecule has 0 fully saturated rings. The average Bonchev–Trinajstić information content (AvgIpc) is 2.32. The summed E-state index contributed by atoms with van der Waals surface area (Å²) in [5.41, 5.74) is 1.82. The van der Waals surface area contributed by atoms with Gasteiger partial charge in [0.25, 0.3) is 5.91 Å². The number of hydrogen-bond donors (Lipinski definition) is 1. The van der Waals surface area contributed by atoms with Crippen LogP contribution in [0.5, 0.6) is 0 Å². The van der Waals surface area contributed by atoms with Gasteiger partial charge in [-0.15, -0.1) is 0 Å². The minimum atomic E-state index is -0.987. The average molecular weight is 191 g/mol. The van der Waals surface area contributed by atoms with Crippen LogP contribution in [0.3, 0.4) is 0 Å². The fraction of sp³-hybridized carbons (Fsp3) is 0.364. The molecule has 14 heavy (non-hydrogen) atoms. The summed E-state index contributed by atoms with van der Waals surface area (Å²) < 4.78 is 0. The lowest BCUT2D eigenvalue weighted by Gasteiger charge is -2.16. The van der Waals surface area contributed by atoms with Crippen molar-refractivity contribution in [3.05, 3.63) is 35.4 Å². The molecule has 3 heteroatoms. The zero-order valence-electron chi connectivity index (χ0n) is 8.10. The van der Waals surface area contributed by atoms with Gasteiger partial charge in [0.05, 0.1) is 0 Å². The Morgan fingerprint density at radius 3 is 2.93 bits per heavy atom. The third-order valence-electron chi connectivity index (χ3n) is 2.68. The number of nitrogens with zero attached hydrogens (tertiary/aromatic N) is 1. The lowest BCUT2D eigenvalue weighted by Crippen LogP contribution is -2.30. The molecule has 3 nitrogen and oxygen atoms in total. The van der Waals surface area contributed by atoms with Gasteiger partial charge in [-0.3, -0.25) is 4.79 Å². The summed E-state index contributed by atoms with van der Waals surface area (Å²) in [6.45, 7) is 0.674. The molecule has 1 aromatic rings. The highest BCUT2D eigenvalue weighted by atomic mass is 16.3. The first kappa shape index (κ1) is 9.21. The molecule has 0 spiro atoms. The molecule has 1 amide bonds.